The summed E-state index contributed by atoms with van der Waals surface area (Å²) in [4.78, 5) is 24.5. The zero-order valence-electron chi connectivity index (χ0n) is 22.7. The van der Waals surface area contributed by atoms with E-state index in [2.05, 4.69) is 51.6 Å². The highest BCUT2D eigenvalue weighted by Gasteiger charge is 2.62. The van der Waals surface area contributed by atoms with Gasteiger partial charge in [0.05, 0.1) is 6.61 Å². The van der Waals surface area contributed by atoms with Crippen molar-refractivity contribution in [3.63, 3.8) is 0 Å². The lowest BCUT2D eigenvalue weighted by Crippen LogP contribution is -2.58. The summed E-state index contributed by atoms with van der Waals surface area (Å²) in [5, 5.41) is 0. The maximum atomic E-state index is 12.4. The van der Waals surface area contributed by atoms with Crippen LogP contribution < -0.4 is 0 Å². The topological polar surface area (TPSA) is 44.8 Å². The Morgan fingerprint density at radius 1 is 0.944 bits per heavy atom. The van der Waals surface area contributed by atoms with Crippen molar-refractivity contribution in [3.05, 3.63) is 42.0 Å². The molecular weight excluding hydrogens is 448 g/mol. The SMILES string of the molecule is C=C(c1ccc(C)cc1)C1COC2(CC[C@@]3(C)C(CCC4C3CC[C@]3(C)C(C(C)=O)CCC43)C2)OO1. The fourth-order valence-corrected chi connectivity index (χ4v) is 9.61. The van der Waals surface area contributed by atoms with Crippen molar-refractivity contribution in [2.75, 3.05) is 6.61 Å². The third kappa shape index (κ3) is 3.77. The largest absolute Gasteiger partial charge is 0.344 e. The Labute approximate surface area is 217 Å². The van der Waals surface area contributed by atoms with Crippen molar-refractivity contribution in [3.8, 4) is 0 Å². The van der Waals surface area contributed by atoms with Gasteiger partial charge in [0.15, 0.2) is 0 Å². The molecule has 1 aromatic rings. The minimum atomic E-state index is -0.614. The van der Waals surface area contributed by atoms with Crippen molar-refractivity contribution in [1.82, 2.24) is 0 Å². The van der Waals surface area contributed by atoms with Crippen molar-refractivity contribution < 1.29 is 19.3 Å². The number of rotatable bonds is 3. The first-order valence-corrected chi connectivity index (χ1v) is 14.4. The van der Waals surface area contributed by atoms with Crippen molar-refractivity contribution in [2.45, 2.75) is 97.4 Å². The molecule has 196 valence electrons. The zero-order valence-corrected chi connectivity index (χ0v) is 22.7. The minimum Gasteiger partial charge on any atom is -0.344 e. The Kier molecular flexibility index (Phi) is 6.05. The van der Waals surface area contributed by atoms with Gasteiger partial charge in [-0.15, -0.1) is 0 Å². The van der Waals surface area contributed by atoms with Gasteiger partial charge >= 0.3 is 0 Å². The Bertz CT molecular complexity index is 1020. The number of hydrogen-bond donors (Lipinski definition) is 0. The molecule has 9 atom stereocenters. The van der Waals surface area contributed by atoms with Gasteiger partial charge in [-0.1, -0.05) is 50.3 Å². The first kappa shape index (κ1) is 24.8. The van der Waals surface area contributed by atoms with E-state index in [0.717, 1.165) is 54.6 Å². The molecule has 5 aliphatic rings. The van der Waals surface area contributed by atoms with Crippen LogP contribution in [0.1, 0.15) is 89.7 Å². The molecule has 1 spiro atoms. The van der Waals surface area contributed by atoms with Crippen LogP contribution in [0.3, 0.4) is 0 Å². The Balaban J connectivity index is 1.12. The average molecular weight is 493 g/mol. The second-order valence-corrected chi connectivity index (χ2v) is 13.4. The predicted octanol–water partition coefficient (Wildman–Crippen LogP) is 7.30. The highest BCUT2D eigenvalue weighted by Crippen LogP contribution is 2.68. The van der Waals surface area contributed by atoms with Crippen LogP contribution in [0.2, 0.25) is 0 Å². The lowest BCUT2D eigenvalue weighted by Gasteiger charge is -2.62. The molecule has 1 aromatic carbocycles. The number of carbonyl (C=O) groups excluding carboxylic acids is 1. The molecule has 6 rings (SSSR count). The van der Waals surface area contributed by atoms with E-state index in [-0.39, 0.29) is 17.4 Å². The van der Waals surface area contributed by atoms with E-state index in [1.165, 1.54) is 37.7 Å². The van der Waals surface area contributed by atoms with Gasteiger partial charge < -0.3 is 4.74 Å². The molecule has 4 nitrogen and oxygen atoms in total. The van der Waals surface area contributed by atoms with E-state index in [0.29, 0.717) is 23.7 Å². The quantitative estimate of drug-likeness (QED) is 0.415. The Morgan fingerprint density at radius 3 is 2.39 bits per heavy atom. The van der Waals surface area contributed by atoms with Gasteiger partial charge in [-0.2, -0.15) is 0 Å². The first-order chi connectivity index (χ1) is 17.2. The van der Waals surface area contributed by atoms with E-state index in [9.17, 15) is 4.79 Å². The van der Waals surface area contributed by atoms with Crippen LogP contribution in [0, 0.1) is 47.3 Å². The summed E-state index contributed by atoms with van der Waals surface area (Å²) in [5.41, 5.74) is 3.78. The summed E-state index contributed by atoms with van der Waals surface area (Å²) in [5.74, 6) is 2.95. The van der Waals surface area contributed by atoms with Crippen LogP contribution in [0.15, 0.2) is 30.8 Å². The van der Waals surface area contributed by atoms with Crippen LogP contribution in [0.25, 0.3) is 5.57 Å². The fourth-order valence-electron chi connectivity index (χ4n) is 9.61. The van der Waals surface area contributed by atoms with Gasteiger partial charge in [-0.05, 0) is 104 Å². The highest BCUT2D eigenvalue weighted by molar-refractivity contribution is 5.79. The summed E-state index contributed by atoms with van der Waals surface area (Å²) >= 11 is 0. The molecule has 0 bridgehead atoms. The van der Waals surface area contributed by atoms with Gasteiger partial charge in [0.1, 0.15) is 11.9 Å². The summed E-state index contributed by atoms with van der Waals surface area (Å²) in [7, 11) is 0. The van der Waals surface area contributed by atoms with E-state index in [4.69, 9.17) is 14.5 Å². The highest BCUT2D eigenvalue weighted by atomic mass is 17.2. The van der Waals surface area contributed by atoms with Gasteiger partial charge in [-0.3, -0.25) is 4.79 Å². The van der Waals surface area contributed by atoms with E-state index in [1.54, 1.807) is 0 Å². The molecule has 1 aliphatic heterocycles. The van der Waals surface area contributed by atoms with Crippen LogP contribution in [0.5, 0.6) is 0 Å². The van der Waals surface area contributed by atoms with Gasteiger partial charge in [-0.25, -0.2) is 9.78 Å². The number of carbonyl (C=O) groups is 1. The maximum Gasteiger partial charge on any atom is 0.202 e. The van der Waals surface area contributed by atoms with Crippen LogP contribution in [-0.4, -0.2) is 24.3 Å². The zero-order chi connectivity index (χ0) is 25.3. The molecule has 1 heterocycles. The number of aryl methyl sites for hydroxylation is 1. The molecule has 4 saturated carbocycles. The molecule has 4 heteroatoms. The second-order valence-electron chi connectivity index (χ2n) is 13.4. The normalized spacial score (nSPS) is 46.0. The van der Waals surface area contributed by atoms with Crippen LogP contribution >= 0.6 is 0 Å². The summed E-state index contributed by atoms with van der Waals surface area (Å²) in [6, 6.07) is 8.39. The third-order valence-electron chi connectivity index (χ3n) is 11.8. The molecule has 1 saturated heterocycles. The molecule has 7 unspecified atom stereocenters. The van der Waals surface area contributed by atoms with E-state index < -0.39 is 5.79 Å². The number of fused-ring (bicyclic) bond motifs is 5. The number of benzene rings is 1. The molecule has 0 amide bonds. The maximum absolute atomic E-state index is 12.4. The van der Waals surface area contributed by atoms with Gasteiger partial charge in [0.25, 0.3) is 0 Å². The summed E-state index contributed by atoms with van der Waals surface area (Å²) < 4.78 is 6.50. The van der Waals surface area contributed by atoms with Crippen molar-refractivity contribution >= 4 is 11.4 Å². The van der Waals surface area contributed by atoms with E-state index >= 15 is 0 Å². The fraction of sp³-hybridized carbons (Fsp3) is 0.719. The lowest BCUT2D eigenvalue weighted by atomic mass is 9.44. The monoisotopic (exact) mass is 492 g/mol. The number of ketones is 1. The molecule has 4 aliphatic carbocycles. The third-order valence-corrected chi connectivity index (χ3v) is 11.8. The molecule has 5 fully saturated rings. The molecule has 0 radical (unpaired) electrons. The average Bonchev–Trinajstić information content (AvgIpc) is 3.23. The van der Waals surface area contributed by atoms with Crippen molar-refractivity contribution in [1.29, 1.82) is 0 Å². The second kappa shape index (κ2) is 8.78. The first-order valence-electron chi connectivity index (χ1n) is 14.4. The molecular formula is C32H44O4. The smallest absolute Gasteiger partial charge is 0.202 e. The lowest BCUT2D eigenvalue weighted by molar-refractivity contribution is -0.489. The number of hydrogen-bond acceptors (Lipinski definition) is 4. The molecule has 36 heavy (non-hydrogen) atoms. The van der Waals surface area contributed by atoms with Crippen molar-refractivity contribution in [2.24, 2.45) is 40.4 Å². The van der Waals surface area contributed by atoms with E-state index in [1.807, 2.05) is 6.92 Å². The standard InChI is InChI=1S/C32H44O4/c1-20-6-8-23(9-7-20)21(2)29-19-34-32(36-35-29)17-16-30(4)24(18-32)10-11-25-27-13-12-26(22(3)33)31(27,5)15-14-28(25)30/h6-9,24-29H,2,10-19H2,1,3-5H3/t24?,25?,26?,27?,28?,29?,30-,31+,32?/m0/s1. The number of ether oxygens (including phenoxy) is 1. The molecule has 0 N–H and O–H groups in total. The Hall–Kier alpha value is -1.49. The van der Waals surface area contributed by atoms with Crippen LogP contribution in [0.4, 0.5) is 0 Å². The van der Waals surface area contributed by atoms with Gasteiger partial charge in [0.2, 0.25) is 5.79 Å². The number of Topliss-reactive ketones (excluding diaryl/α,β-unsaturated/α-hetero) is 1. The van der Waals surface area contributed by atoms with Gasteiger partial charge in [0, 0.05) is 18.8 Å². The predicted molar refractivity (Wildman–Crippen MR) is 141 cm³/mol. The Morgan fingerprint density at radius 2 is 1.69 bits per heavy atom. The molecule has 0 aromatic heterocycles. The minimum absolute atomic E-state index is 0.227. The van der Waals surface area contributed by atoms with Crippen LogP contribution in [-0.2, 0) is 19.3 Å². The summed E-state index contributed by atoms with van der Waals surface area (Å²) in [6.07, 6.45) is 10.1. The summed E-state index contributed by atoms with van der Waals surface area (Å²) in [6.45, 7) is 13.7.